The lowest BCUT2D eigenvalue weighted by atomic mass is 10.1. The molecule has 1 fully saturated rings. The standard InChI is InChI=1S/C31H39Cl3N4O4/c1-3-4-5-6-7-8-9-10-11-12-13-14-28(39)35-22-15-16-23(32)26(19-22)36-27-20-29(40)38(37-27)30-24(33)17-21(18-25(30)34)31(41)42-2/h15-19H,3-14,20H2,1-2H3,(H,35,39)(H,36,37). The molecule has 1 aliphatic heterocycles. The monoisotopic (exact) mass is 636 g/mol. The highest BCUT2D eigenvalue weighted by Gasteiger charge is 2.31. The van der Waals surface area contributed by atoms with E-state index in [0.717, 1.165) is 19.3 Å². The van der Waals surface area contributed by atoms with Gasteiger partial charge < -0.3 is 10.1 Å². The van der Waals surface area contributed by atoms with Crippen molar-refractivity contribution in [3.05, 3.63) is 51.0 Å². The topological polar surface area (TPSA) is 100 Å². The minimum absolute atomic E-state index is 0.0583. The van der Waals surface area contributed by atoms with Crippen LogP contribution in [-0.2, 0) is 14.3 Å². The molecule has 2 aromatic rings. The maximum absolute atomic E-state index is 12.8. The number of hydrogen-bond acceptors (Lipinski definition) is 5. The first-order valence-electron chi connectivity index (χ1n) is 14.6. The van der Waals surface area contributed by atoms with Crippen molar-refractivity contribution in [2.24, 2.45) is 4.99 Å². The maximum Gasteiger partial charge on any atom is 0.337 e. The fourth-order valence-corrected chi connectivity index (χ4v) is 5.52. The Kier molecular flexibility index (Phi) is 13.9. The average Bonchev–Trinajstić information content (AvgIpc) is 3.31. The number of anilines is 2. The molecule has 0 aromatic heterocycles. The van der Waals surface area contributed by atoms with Gasteiger partial charge in [-0.25, -0.2) is 14.8 Å². The van der Waals surface area contributed by atoms with Crippen molar-refractivity contribution in [1.82, 2.24) is 5.43 Å². The first-order chi connectivity index (χ1) is 20.2. The highest BCUT2D eigenvalue weighted by Crippen LogP contribution is 2.37. The van der Waals surface area contributed by atoms with E-state index in [1.807, 2.05) is 0 Å². The third-order valence-corrected chi connectivity index (χ3v) is 7.86. The molecule has 0 spiro atoms. The van der Waals surface area contributed by atoms with Crippen molar-refractivity contribution in [1.29, 1.82) is 0 Å². The summed E-state index contributed by atoms with van der Waals surface area (Å²) in [5.74, 6) is -0.702. The Bertz CT molecular complexity index is 1260. The average molecular weight is 638 g/mol. The van der Waals surface area contributed by atoms with Gasteiger partial charge in [0.25, 0.3) is 5.91 Å². The second-order valence-corrected chi connectivity index (χ2v) is 11.6. The summed E-state index contributed by atoms with van der Waals surface area (Å²) in [4.78, 5) is 41.6. The number of rotatable bonds is 16. The number of ether oxygens (including phenoxy) is 1. The fourth-order valence-electron chi connectivity index (χ4n) is 4.71. The van der Waals surface area contributed by atoms with Crippen LogP contribution in [0.4, 0.5) is 17.1 Å². The van der Waals surface area contributed by atoms with E-state index in [-0.39, 0.29) is 39.5 Å². The van der Waals surface area contributed by atoms with Gasteiger partial charge in [-0.15, -0.1) is 0 Å². The maximum atomic E-state index is 12.8. The van der Waals surface area contributed by atoms with E-state index in [4.69, 9.17) is 39.5 Å². The zero-order chi connectivity index (χ0) is 30.5. The third-order valence-electron chi connectivity index (χ3n) is 6.96. The van der Waals surface area contributed by atoms with Crippen LogP contribution in [0.5, 0.6) is 0 Å². The molecule has 3 rings (SSSR count). The molecular weight excluding hydrogens is 599 g/mol. The number of aliphatic imine (C=N–C) groups is 1. The molecule has 2 amide bonds. The molecule has 0 radical (unpaired) electrons. The van der Waals surface area contributed by atoms with Gasteiger partial charge in [0.2, 0.25) is 5.91 Å². The van der Waals surface area contributed by atoms with Crippen LogP contribution < -0.4 is 15.8 Å². The fraction of sp³-hybridized carbons (Fsp3) is 0.484. The van der Waals surface area contributed by atoms with Gasteiger partial charge in [0.1, 0.15) is 11.5 Å². The van der Waals surface area contributed by atoms with Gasteiger partial charge in [-0.1, -0.05) is 106 Å². The van der Waals surface area contributed by atoms with Crippen molar-refractivity contribution in [3.63, 3.8) is 0 Å². The summed E-state index contributed by atoms with van der Waals surface area (Å²) in [5.41, 5.74) is 4.21. The van der Waals surface area contributed by atoms with Crippen LogP contribution in [0.3, 0.4) is 0 Å². The number of amidine groups is 1. The molecule has 0 bridgehead atoms. The van der Waals surface area contributed by atoms with E-state index in [0.29, 0.717) is 28.7 Å². The van der Waals surface area contributed by atoms with E-state index < -0.39 is 5.97 Å². The molecule has 1 aliphatic rings. The quantitative estimate of drug-likeness (QED) is 0.141. The van der Waals surface area contributed by atoms with Gasteiger partial charge in [-0.2, -0.15) is 0 Å². The molecule has 2 N–H and O–H groups in total. The number of carbonyl (C=O) groups excluding carboxylic acids is 3. The number of amides is 2. The number of methoxy groups -OCH3 is 1. The lowest BCUT2D eigenvalue weighted by Gasteiger charge is -2.19. The lowest BCUT2D eigenvalue weighted by Crippen LogP contribution is -2.36. The molecule has 228 valence electrons. The smallest absolute Gasteiger partial charge is 0.337 e. The summed E-state index contributed by atoms with van der Waals surface area (Å²) in [7, 11) is 1.25. The summed E-state index contributed by atoms with van der Waals surface area (Å²) in [6, 6.07) is 7.77. The van der Waals surface area contributed by atoms with Crippen LogP contribution in [0.15, 0.2) is 35.3 Å². The van der Waals surface area contributed by atoms with Crippen molar-refractivity contribution in [3.8, 4) is 0 Å². The van der Waals surface area contributed by atoms with Crippen molar-refractivity contribution in [2.75, 3.05) is 17.4 Å². The van der Waals surface area contributed by atoms with Crippen molar-refractivity contribution < 1.29 is 19.1 Å². The number of benzene rings is 2. The number of carbonyl (C=O) groups is 3. The van der Waals surface area contributed by atoms with Crippen LogP contribution in [0, 0.1) is 0 Å². The van der Waals surface area contributed by atoms with E-state index >= 15 is 0 Å². The Balaban J connectivity index is 1.51. The number of esters is 1. The SMILES string of the molecule is CCCCCCCCCCCCCC(=O)Nc1ccc(Cl)c(N=C2CC(=O)N(c3c(Cl)cc(C(=O)OC)cc3Cl)N2)c1. The van der Waals surface area contributed by atoms with Crippen molar-refractivity contribution in [2.45, 2.75) is 90.4 Å². The van der Waals surface area contributed by atoms with E-state index in [1.54, 1.807) is 18.2 Å². The van der Waals surface area contributed by atoms with Gasteiger partial charge in [0.05, 0.1) is 39.8 Å². The molecule has 0 saturated carbocycles. The predicted molar refractivity (Wildman–Crippen MR) is 171 cm³/mol. The van der Waals surface area contributed by atoms with E-state index in [2.05, 4.69) is 22.7 Å². The van der Waals surface area contributed by atoms with Gasteiger partial charge in [0, 0.05) is 12.1 Å². The number of nitrogens with one attached hydrogen (secondary N) is 2. The van der Waals surface area contributed by atoms with Crippen LogP contribution in [0.1, 0.15) is 101 Å². The lowest BCUT2D eigenvalue weighted by molar-refractivity contribution is -0.117. The number of hydrazine groups is 1. The number of unbranched alkanes of at least 4 members (excludes halogenated alkanes) is 10. The molecule has 1 heterocycles. The van der Waals surface area contributed by atoms with E-state index in [1.165, 1.54) is 75.6 Å². The highest BCUT2D eigenvalue weighted by atomic mass is 35.5. The van der Waals surface area contributed by atoms with Gasteiger partial charge in [-0.05, 0) is 36.8 Å². The molecule has 2 aromatic carbocycles. The Morgan fingerprint density at radius 3 is 2.10 bits per heavy atom. The van der Waals surface area contributed by atoms with Gasteiger partial charge >= 0.3 is 5.97 Å². The van der Waals surface area contributed by atoms with E-state index in [9.17, 15) is 14.4 Å². The normalized spacial score (nSPS) is 13.9. The Labute approximate surface area is 263 Å². The zero-order valence-corrected chi connectivity index (χ0v) is 26.5. The molecule has 8 nitrogen and oxygen atoms in total. The highest BCUT2D eigenvalue weighted by molar-refractivity contribution is 6.41. The largest absolute Gasteiger partial charge is 0.465 e. The second-order valence-electron chi connectivity index (χ2n) is 10.4. The Morgan fingerprint density at radius 1 is 0.905 bits per heavy atom. The zero-order valence-electron chi connectivity index (χ0n) is 24.2. The van der Waals surface area contributed by atoms with Crippen molar-refractivity contribution >= 4 is 75.5 Å². The summed E-state index contributed by atoms with van der Waals surface area (Å²) in [5, 5.41) is 4.62. The minimum atomic E-state index is -0.603. The molecule has 0 aliphatic carbocycles. The number of halogens is 3. The summed E-state index contributed by atoms with van der Waals surface area (Å²) < 4.78 is 4.70. The van der Waals surface area contributed by atoms with Gasteiger partial charge in [0.15, 0.2) is 0 Å². The second kappa shape index (κ2) is 17.3. The number of hydrogen-bond donors (Lipinski definition) is 2. The third kappa shape index (κ3) is 10.2. The van der Waals surface area contributed by atoms with Crippen LogP contribution >= 0.6 is 34.8 Å². The van der Waals surface area contributed by atoms with Crippen LogP contribution in [-0.4, -0.2) is 30.7 Å². The minimum Gasteiger partial charge on any atom is -0.465 e. The summed E-state index contributed by atoms with van der Waals surface area (Å²) >= 11 is 19.1. The Morgan fingerprint density at radius 2 is 1.50 bits per heavy atom. The predicted octanol–water partition coefficient (Wildman–Crippen LogP) is 9.04. The number of nitrogens with zero attached hydrogens (tertiary/aromatic N) is 2. The van der Waals surface area contributed by atoms with Gasteiger partial charge in [-0.3, -0.25) is 15.0 Å². The molecule has 42 heavy (non-hydrogen) atoms. The summed E-state index contributed by atoms with van der Waals surface area (Å²) in [6.45, 7) is 2.24. The molecule has 1 saturated heterocycles. The van der Waals surface area contributed by atoms with Crippen LogP contribution in [0.2, 0.25) is 15.1 Å². The first kappa shape index (κ1) is 33.7. The summed E-state index contributed by atoms with van der Waals surface area (Å²) in [6.07, 6.45) is 13.9. The Hall–Kier alpha value is -2.81. The molecule has 11 heteroatoms. The molecular formula is C31H39Cl3N4O4. The molecule has 0 unspecified atom stereocenters. The first-order valence-corrected chi connectivity index (χ1v) is 15.7. The van der Waals surface area contributed by atoms with Crippen LogP contribution in [0.25, 0.3) is 0 Å². The molecule has 0 atom stereocenters.